The van der Waals surface area contributed by atoms with Gasteiger partial charge in [-0.2, -0.15) is 0 Å². The number of ether oxygens (including phenoxy) is 1. The Kier molecular flexibility index (Phi) is 3.87. The summed E-state index contributed by atoms with van der Waals surface area (Å²) in [7, 11) is 3.66. The third kappa shape index (κ3) is 2.48. The molecule has 0 aromatic heterocycles. The van der Waals surface area contributed by atoms with Crippen LogP contribution in [0.15, 0.2) is 18.2 Å². The number of aryl methyl sites for hydroxylation is 1. The summed E-state index contributed by atoms with van der Waals surface area (Å²) in [5.41, 5.74) is 2.55. The molecule has 0 bridgehead atoms. The van der Waals surface area contributed by atoms with Gasteiger partial charge in [-0.25, -0.2) is 0 Å². The van der Waals surface area contributed by atoms with Gasteiger partial charge in [0.15, 0.2) is 0 Å². The average molecular weight is 249 g/mol. The van der Waals surface area contributed by atoms with E-state index in [1.54, 1.807) is 7.11 Å². The molecule has 4 nitrogen and oxygen atoms in total. The van der Waals surface area contributed by atoms with Gasteiger partial charge in [0.1, 0.15) is 5.75 Å². The summed E-state index contributed by atoms with van der Waals surface area (Å²) < 4.78 is 5.42. The van der Waals surface area contributed by atoms with Crippen LogP contribution in [0.4, 0.5) is 0 Å². The highest BCUT2D eigenvalue weighted by atomic mass is 16.5. The first kappa shape index (κ1) is 12.9. The third-order valence-corrected chi connectivity index (χ3v) is 3.61. The first-order chi connectivity index (χ1) is 8.63. The van der Waals surface area contributed by atoms with Gasteiger partial charge in [-0.3, -0.25) is 9.69 Å². The predicted octanol–water partition coefficient (Wildman–Crippen LogP) is 2.09. The van der Waals surface area contributed by atoms with Crippen molar-refractivity contribution in [2.45, 2.75) is 25.3 Å². The number of hydrogen-bond donors (Lipinski definition) is 1. The Hall–Kier alpha value is -1.55. The zero-order valence-electron chi connectivity index (χ0n) is 10.8. The molecule has 1 aliphatic carbocycles. The maximum absolute atomic E-state index is 10.6. The van der Waals surface area contributed by atoms with Crippen LogP contribution >= 0.6 is 0 Å². The maximum atomic E-state index is 10.6. The Bertz CT molecular complexity index is 445. The molecule has 0 spiro atoms. The zero-order valence-corrected chi connectivity index (χ0v) is 10.8. The van der Waals surface area contributed by atoms with E-state index in [0.29, 0.717) is 6.54 Å². The van der Waals surface area contributed by atoms with Crippen LogP contribution in [-0.4, -0.2) is 36.7 Å². The normalized spacial score (nSPS) is 17.8. The second-order valence-corrected chi connectivity index (χ2v) is 4.71. The SMILES string of the molecule is COc1cccc2c1C(N(C)CCC(=O)O)CC2. The number of carboxylic acid groups (broad SMARTS) is 1. The average Bonchev–Trinajstić information content (AvgIpc) is 2.79. The standard InChI is InChI=1S/C14H19NO3/c1-15(9-8-13(16)17)11-7-6-10-4-3-5-12(18-2)14(10)11/h3-5,11H,6-9H2,1-2H3,(H,16,17). The molecule has 0 aliphatic heterocycles. The van der Waals surface area contributed by atoms with Crippen molar-refractivity contribution in [1.29, 1.82) is 0 Å². The fraction of sp³-hybridized carbons (Fsp3) is 0.500. The fourth-order valence-corrected chi connectivity index (χ4v) is 2.67. The molecule has 0 amide bonds. The van der Waals surface area contributed by atoms with Crippen LogP contribution in [0.1, 0.15) is 30.0 Å². The molecule has 1 unspecified atom stereocenters. The first-order valence-electron chi connectivity index (χ1n) is 6.21. The van der Waals surface area contributed by atoms with Crippen LogP contribution in [0.2, 0.25) is 0 Å². The van der Waals surface area contributed by atoms with Crippen LogP contribution in [0.5, 0.6) is 5.75 Å². The molecular weight excluding hydrogens is 230 g/mol. The van der Waals surface area contributed by atoms with Crippen LogP contribution in [0.3, 0.4) is 0 Å². The van der Waals surface area contributed by atoms with Gasteiger partial charge in [0.05, 0.1) is 13.5 Å². The van der Waals surface area contributed by atoms with E-state index in [1.807, 2.05) is 19.2 Å². The minimum absolute atomic E-state index is 0.178. The summed E-state index contributed by atoms with van der Waals surface area (Å²) in [5.74, 6) is 0.164. The van der Waals surface area contributed by atoms with Crippen molar-refractivity contribution >= 4 is 5.97 Å². The second kappa shape index (κ2) is 5.40. The molecule has 1 aliphatic rings. The Morgan fingerprint density at radius 1 is 1.56 bits per heavy atom. The van der Waals surface area contributed by atoms with Crippen LogP contribution in [0.25, 0.3) is 0 Å². The maximum Gasteiger partial charge on any atom is 0.304 e. The van der Waals surface area contributed by atoms with Crippen molar-refractivity contribution in [1.82, 2.24) is 4.90 Å². The number of rotatable bonds is 5. The monoisotopic (exact) mass is 249 g/mol. The van der Waals surface area contributed by atoms with Crippen molar-refractivity contribution in [3.8, 4) is 5.75 Å². The number of carboxylic acids is 1. The van der Waals surface area contributed by atoms with Crippen molar-refractivity contribution in [2.75, 3.05) is 20.7 Å². The number of hydrogen-bond acceptors (Lipinski definition) is 3. The summed E-state index contributed by atoms with van der Waals surface area (Å²) >= 11 is 0. The molecule has 1 aromatic carbocycles. The summed E-state index contributed by atoms with van der Waals surface area (Å²) in [6.07, 6.45) is 2.25. The second-order valence-electron chi connectivity index (χ2n) is 4.71. The van der Waals surface area contributed by atoms with Crippen LogP contribution < -0.4 is 4.74 Å². The number of benzene rings is 1. The molecule has 0 saturated carbocycles. The number of methoxy groups -OCH3 is 1. The van der Waals surface area contributed by atoms with Gasteiger partial charge in [-0.15, -0.1) is 0 Å². The lowest BCUT2D eigenvalue weighted by atomic mass is 10.1. The Morgan fingerprint density at radius 2 is 2.33 bits per heavy atom. The van der Waals surface area contributed by atoms with E-state index in [1.165, 1.54) is 11.1 Å². The van der Waals surface area contributed by atoms with Crippen LogP contribution in [-0.2, 0) is 11.2 Å². The molecule has 4 heteroatoms. The Morgan fingerprint density at radius 3 is 3.00 bits per heavy atom. The Labute approximate surface area is 107 Å². The summed E-state index contributed by atoms with van der Waals surface area (Å²) in [6, 6.07) is 6.39. The predicted molar refractivity (Wildman–Crippen MR) is 68.9 cm³/mol. The van der Waals surface area contributed by atoms with Gasteiger partial charge in [0.25, 0.3) is 0 Å². The highest BCUT2D eigenvalue weighted by molar-refractivity contribution is 5.66. The molecule has 0 saturated heterocycles. The van der Waals surface area contributed by atoms with Gasteiger partial charge in [-0.05, 0) is 31.5 Å². The highest BCUT2D eigenvalue weighted by Crippen LogP contribution is 2.40. The molecule has 18 heavy (non-hydrogen) atoms. The zero-order chi connectivity index (χ0) is 13.1. The topological polar surface area (TPSA) is 49.8 Å². The number of aliphatic carboxylic acids is 1. The quantitative estimate of drug-likeness (QED) is 0.868. The molecule has 0 radical (unpaired) electrons. The summed E-state index contributed by atoms with van der Waals surface area (Å²) in [4.78, 5) is 12.7. The van der Waals surface area contributed by atoms with Crippen LogP contribution in [0, 0.1) is 0 Å². The van der Waals surface area contributed by atoms with Crippen molar-refractivity contribution in [2.24, 2.45) is 0 Å². The van der Waals surface area contributed by atoms with Gasteiger partial charge in [0.2, 0.25) is 0 Å². The van der Waals surface area contributed by atoms with Gasteiger partial charge in [-0.1, -0.05) is 12.1 Å². The van der Waals surface area contributed by atoms with Gasteiger partial charge in [0, 0.05) is 18.2 Å². The first-order valence-corrected chi connectivity index (χ1v) is 6.21. The molecule has 1 atom stereocenters. The van der Waals surface area contributed by atoms with Gasteiger partial charge >= 0.3 is 5.97 Å². The smallest absolute Gasteiger partial charge is 0.304 e. The molecule has 2 rings (SSSR count). The lowest BCUT2D eigenvalue weighted by molar-refractivity contribution is -0.137. The fourth-order valence-electron chi connectivity index (χ4n) is 2.67. The summed E-state index contributed by atoms with van der Waals surface area (Å²) in [6.45, 7) is 0.567. The van der Waals surface area contributed by atoms with E-state index in [0.717, 1.165) is 18.6 Å². The third-order valence-electron chi connectivity index (χ3n) is 3.61. The van der Waals surface area contributed by atoms with E-state index in [-0.39, 0.29) is 12.5 Å². The lowest BCUT2D eigenvalue weighted by Gasteiger charge is -2.25. The highest BCUT2D eigenvalue weighted by Gasteiger charge is 2.28. The number of fused-ring (bicyclic) bond motifs is 1. The number of carbonyl (C=O) groups is 1. The molecule has 0 fully saturated rings. The van der Waals surface area contributed by atoms with Crippen molar-refractivity contribution in [3.05, 3.63) is 29.3 Å². The van der Waals surface area contributed by atoms with E-state index in [4.69, 9.17) is 9.84 Å². The molecule has 98 valence electrons. The van der Waals surface area contributed by atoms with E-state index in [2.05, 4.69) is 11.0 Å². The van der Waals surface area contributed by atoms with E-state index < -0.39 is 5.97 Å². The molecular formula is C14H19NO3. The molecule has 1 aromatic rings. The molecule has 0 heterocycles. The minimum Gasteiger partial charge on any atom is -0.496 e. The Balaban J connectivity index is 2.17. The lowest BCUT2D eigenvalue weighted by Crippen LogP contribution is -2.26. The van der Waals surface area contributed by atoms with Crippen molar-refractivity contribution < 1.29 is 14.6 Å². The number of nitrogens with zero attached hydrogens (tertiary/aromatic N) is 1. The van der Waals surface area contributed by atoms with E-state index in [9.17, 15) is 4.79 Å². The van der Waals surface area contributed by atoms with Gasteiger partial charge < -0.3 is 9.84 Å². The largest absolute Gasteiger partial charge is 0.496 e. The molecule has 1 N–H and O–H groups in total. The van der Waals surface area contributed by atoms with E-state index >= 15 is 0 Å². The minimum atomic E-state index is -0.750. The summed E-state index contributed by atoms with van der Waals surface area (Å²) in [5, 5.41) is 8.75. The van der Waals surface area contributed by atoms with Crippen molar-refractivity contribution in [3.63, 3.8) is 0 Å².